The molecule has 5 rings (SSSR count). The van der Waals surface area contributed by atoms with Gasteiger partial charge in [-0.25, -0.2) is 9.78 Å². The van der Waals surface area contributed by atoms with E-state index in [1.165, 1.54) is 0 Å². The van der Waals surface area contributed by atoms with Crippen LogP contribution >= 0.6 is 11.6 Å². The number of hydrogen-bond donors (Lipinski definition) is 1. The van der Waals surface area contributed by atoms with E-state index >= 15 is 0 Å². The molecule has 1 aliphatic heterocycles. The summed E-state index contributed by atoms with van der Waals surface area (Å²) in [4.78, 5) is 19.7. The van der Waals surface area contributed by atoms with Crippen LogP contribution in [0.15, 0.2) is 28.9 Å². The van der Waals surface area contributed by atoms with Gasteiger partial charge in [0.25, 0.3) is 0 Å². The largest absolute Gasteiger partial charge is 0.420 e. The molecule has 3 aromatic rings. The molecule has 33 heavy (non-hydrogen) atoms. The van der Waals surface area contributed by atoms with Gasteiger partial charge in [-0.3, -0.25) is 4.68 Å². The lowest BCUT2D eigenvalue weighted by molar-refractivity contribution is -0.0525. The number of aryl methyl sites for hydroxylation is 1. The average Bonchev–Trinajstić information content (AvgIpc) is 3.33. The molecular weight excluding hydrogens is 446 g/mol. The number of benzene rings is 1. The molecule has 0 radical (unpaired) electrons. The van der Waals surface area contributed by atoms with Crippen molar-refractivity contribution < 1.29 is 13.9 Å². The molecule has 3 atom stereocenters. The number of amides is 2. The topological polar surface area (TPSA) is 111 Å². The number of nitrogens with zero attached hydrogens (tertiary/aromatic N) is 6. The van der Waals surface area contributed by atoms with Crippen LogP contribution in [0.2, 0.25) is 5.02 Å². The van der Waals surface area contributed by atoms with Crippen LogP contribution in [-0.4, -0.2) is 49.0 Å². The van der Waals surface area contributed by atoms with Gasteiger partial charge in [-0.1, -0.05) is 18.5 Å². The van der Waals surface area contributed by atoms with Crippen molar-refractivity contribution in [2.75, 3.05) is 12.4 Å². The molecule has 11 heteroatoms. The third-order valence-electron chi connectivity index (χ3n) is 6.49. The minimum atomic E-state index is -0.610. The summed E-state index contributed by atoms with van der Waals surface area (Å²) in [5.41, 5.74) is 0.659. The second-order valence-corrected chi connectivity index (χ2v) is 9.35. The van der Waals surface area contributed by atoms with E-state index in [-0.39, 0.29) is 18.7 Å². The number of fused-ring (bicyclic) bond motifs is 2. The number of ether oxygens (including phenoxy) is 1. The van der Waals surface area contributed by atoms with Crippen LogP contribution in [0.3, 0.4) is 0 Å². The lowest BCUT2D eigenvalue weighted by atomic mass is 9.75. The molecule has 1 aromatic carbocycles. The summed E-state index contributed by atoms with van der Waals surface area (Å²) in [6.07, 6.45) is 5.18. The van der Waals surface area contributed by atoms with Crippen molar-refractivity contribution in [3.63, 3.8) is 0 Å². The molecular formula is C22H26ClN7O3. The molecule has 1 N–H and O–H groups in total. The van der Waals surface area contributed by atoms with Crippen molar-refractivity contribution in [1.29, 1.82) is 0 Å². The van der Waals surface area contributed by atoms with Gasteiger partial charge in [0.15, 0.2) is 5.82 Å². The second kappa shape index (κ2) is 8.42. The van der Waals surface area contributed by atoms with Gasteiger partial charge in [0, 0.05) is 37.9 Å². The summed E-state index contributed by atoms with van der Waals surface area (Å²) in [6.45, 7) is 2.44. The standard InChI is InChI=1S/C22H26ClN7O3/c1-13-4-6-15-10-22(9-13,20-27-26-18(33-20)11-32-3)30(15)21(31)25-14-5-7-17(23)16(8-14)19-24-12-29(2)28-19/h5,7-8,12-13,15H,4,6,9-11H2,1-3H3,(H,25,31)/t13-,15-,22+/m0/s1. The molecule has 0 spiro atoms. The molecule has 2 amide bonds. The predicted octanol–water partition coefficient (Wildman–Crippen LogP) is 3.99. The van der Waals surface area contributed by atoms with Crippen molar-refractivity contribution in [3.05, 3.63) is 41.3 Å². The van der Waals surface area contributed by atoms with Crippen LogP contribution in [0.5, 0.6) is 0 Å². The lowest BCUT2D eigenvalue weighted by Crippen LogP contribution is -2.66. The molecule has 2 fully saturated rings. The maximum atomic E-state index is 13.5. The van der Waals surface area contributed by atoms with Gasteiger partial charge < -0.3 is 19.4 Å². The zero-order chi connectivity index (χ0) is 23.2. The Kier molecular flexibility index (Phi) is 5.57. The maximum absolute atomic E-state index is 13.5. The number of carbonyl (C=O) groups is 1. The maximum Gasteiger partial charge on any atom is 0.322 e. The smallest absolute Gasteiger partial charge is 0.322 e. The Labute approximate surface area is 196 Å². The Bertz CT molecular complexity index is 1180. The number of carbonyl (C=O) groups excluding carboxylic acids is 1. The Morgan fingerprint density at radius 2 is 2.18 bits per heavy atom. The van der Waals surface area contributed by atoms with Gasteiger partial charge in [0.05, 0.1) is 5.02 Å². The van der Waals surface area contributed by atoms with Gasteiger partial charge in [0.2, 0.25) is 11.8 Å². The fourth-order valence-electron chi connectivity index (χ4n) is 5.07. The Morgan fingerprint density at radius 1 is 1.33 bits per heavy atom. The van der Waals surface area contributed by atoms with E-state index in [1.807, 2.05) is 4.90 Å². The molecule has 2 bridgehead atoms. The highest BCUT2D eigenvalue weighted by molar-refractivity contribution is 6.33. The van der Waals surface area contributed by atoms with Crippen LogP contribution in [0.25, 0.3) is 11.4 Å². The summed E-state index contributed by atoms with van der Waals surface area (Å²) >= 11 is 6.37. The van der Waals surface area contributed by atoms with Gasteiger partial charge in [-0.05, 0) is 43.4 Å². The first-order chi connectivity index (χ1) is 15.9. The van der Waals surface area contributed by atoms with E-state index in [1.54, 1.807) is 43.4 Å². The van der Waals surface area contributed by atoms with Gasteiger partial charge in [-0.15, -0.1) is 10.2 Å². The molecule has 2 aromatic heterocycles. The minimum Gasteiger partial charge on any atom is -0.420 e. The SMILES string of the molecule is COCc1nnc([C@@]23C[C@@H](C)CC[C@@H](C2)N3C(=O)Nc2ccc(Cl)c(-c3ncn(C)n3)c2)o1. The highest BCUT2D eigenvalue weighted by Crippen LogP contribution is 2.53. The van der Waals surface area contributed by atoms with E-state index in [0.29, 0.717) is 39.8 Å². The number of anilines is 1. The van der Waals surface area contributed by atoms with Crippen LogP contribution in [0, 0.1) is 5.92 Å². The van der Waals surface area contributed by atoms with E-state index in [9.17, 15) is 4.79 Å². The molecule has 174 valence electrons. The van der Waals surface area contributed by atoms with Crippen molar-refractivity contribution in [2.24, 2.45) is 13.0 Å². The Balaban J connectivity index is 1.43. The van der Waals surface area contributed by atoms with Crippen LogP contribution in [0.1, 0.15) is 44.4 Å². The molecule has 2 aliphatic rings. The summed E-state index contributed by atoms with van der Waals surface area (Å²) < 4.78 is 12.7. The first-order valence-corrected chi connectivity index (χ1v) is 11.3. The number of hydrogen-bond acceptors (Lipinski definition) is 7. The zero-order valence-corrected chi connectivity index (χ0v) is 19.5. The second-order valence-electron chi connectivity index (χ2n) is 8.95. The number of methoxy groups -OCH3 is 1. The summed E-state index contributed by atoms with van der Waals surface area (Å²) in [7, 11) is 3.37. The molecule has 1 saturated heterocycles. The van der Waals surface area contributed by atoms with Gasteiger partial charge in [-0.2, -0.15) is 5.10 Å². The molecule has 1 aliphatic carbocycles. The minimum absolute atomic E-state index is 0.122. The quantitative estimate of drug-likeness (QED) is 0.598. The number of nitrogens with one attached hydrogen (secondary N) is 1. The number of rotatable bonds is 5. The highest BCUT2D eigenvalue weighted by Gasteiger charge is 2.60. The summed E-state index contributed by atoms with van der Waals surface area (Å²) in [6, 6.07) is 5.22. The Hall–Kier alpha value is -2.98. The molecule has 1 saturated carbocycles. The molecule has 3 heterocycles. The number of likely N-dealkylation sites (tertiary alicyclic amines) is 1. The summed E-state index contributed by atoms with van der Waals surface area (Å²) in [5.74, 6) is 1.82. The third-order valence-corrected chi connectivity index (χ3v) is 6.82. The van der Waals surface area contributed by atoms with E-state index < -0.39 is 5.54 Å². The summed E-state index contributed by atoms with van der Waals surface area (Å²) in [5, 5.41) is 16.3. The van der Waals surface area contributed by atoms with E-state index in [0.717, 1.165) is 25.7 Å². The van der Waals surface area contributed by atoms with Crippen molar-refractivity contribution >= 4 is 23.3 Å². The monoisotopic (exact) mass is 471 g/mol. The van der Waals surface area contributed by atoms with Crippen molar-refractivity contribution in [2.45, 2.75) is 50.8 Å². The predicted molar refractivity (Wildman–Crippen MR) is 120 cm³/mol. The number of aromatic nitrogens is 5. The van der Waals surface area contributed by atoms with E-state index in [2.05, 4.69) is 32.5 Å². The fraction of sp³-hybridized carbons (Fsp3) is 0.500. The number of urea groups is 1. The van der Waals surface area contributed by atoms with Crippen molar-refractivity contribution in [1.82, 2.24) is 29.9 Å². The van der Waals surface area contributed by atoms with E-state index in [4.69, 9.17) is 20.8 Å². The van der Waals surface area contributed by atoms with Gasteiger partial charge in [0.1, 0.15) is 18.5 Å². The first kappa shape index (κ1) is 21.8. The first-order valence-electron chi connectivity index (χ1n) is 11.0. The molecule has 10 nitrogen and oxygen atoms in total. The lowest BCUT2D eigenvalue weighted by Gasteiger charge is -2.55. The third kappa shape index (κ3) is 3.87. The van der Waals surface area contributed by atoms with Gasteiger partial charge >= 0.3 is 6.03 Å². The number of halogens is 1. The van der Waals surface area contributed by atoms with Crippen molar-refractivity contribution in [3.8, 4) is 11.4 Å². The average molecular weight is 472 g/mol. The fourth-order valence-corrected chi connectivity index (χ4v) is 5.27. The van der Waals surface area contributed by atoms with Crippen LogP contribution in [0.4, 0.5) is 10.5 Å². The highest BCUT2D eigenvalue weighted by atomic mass is 35.5. The van der Waals surface area contributed by atoms with Crippen LogP contribution in [-0.2, 0) is 23.9 Å². The molecule has 0 unspecified atom stereocenters. The zero-order valence-electron chi connectivity index (χ0n) is 18.8. The van der Waals surface area contributed by atoms with Crippen LogP contribution < -0.4 is 5.32 Å². The normalized spacial score (nSPS) is 24.3. The Morgan fingerprint density at radius 3 is 2.94 bits per heavy atom.